The van der Waals surface area contributed by atoms with Crippen LogP contribution < -0.4 is 5.32 Å². The molecule has 0 aliphatic rings. The van der Waals surface area contributed by atoms with Gasteiger partial charge in [-0.25, -0.2) is 9.78 Å². The van der Waals surface area contributed by atoms with Crippen LogP contribution in [0.1, 0.15) is 37.0 Å². The molecule has 0 radical (unpaired) electrons. The highest BCUT2D eigenvalue weighted by atomic mass is 16.4. The quantitative estimate of drug-likeness (QED) is 0.794. The highest BCUT2D eigenvalue weighted by molar-refractivity contribution is 5.85. The highest BCUT2D eigenvalue weighted by Crippen LogP contribution is 2.08. The molecule has 0 saturated carbocycles. The van der Waals surface area contributed by atoms with E-state index in [9.17, 15) is 4.79 Å². The molecular weight excluding hydrogens is 216 g/mol. The van der Waals surface area contributed by atoms with Gasteiger partial charge in [0.2, 0.25) is 0 Å². The molecule has 1 aromatic rings. The molecule has 1 atom stereocenters. The Bertz CT molecular complexity index is 377. The van der Waals surface area contributed by atoms with Crippen LogP contribution in [0.4, 0.5) is 0 Å². The molecule has 0 amide bonds. The second kappa shape index (κ2) is 6.35. The van der Waals surface area contributed by atoms with Gasteiger partial charge in [-0.05, 0) is 30.5 Å². The third kappa shape index (κ3) is 4.53. The molecule has 2 N–H and O–H groups in total. The van der Waals surface area contributed by atoms with Gasteiger partial charge >= 0.3 is 5.97 Å². The number of nitrogens with zero attached hydrogens (tertiary/aromatic N) is 1. The first-order valence-electron chi connectivity index (χ1n) is 5.90. The van der Waals surface area contributed by atoms with E-state index in [1.165, 1.54) is 6.07 Å². The predicted octanol–water partition coefficient (Wildman–Crippen LogP) is 2.16. The van der Waals surface area contributed by atoms with E-state index in [1.54, 1.807) is 6.07 Å². The topological polar surface area (TPSA) is 62.2 Å². The summed E-state index contributed by atoms with van der Waals surface area (Å²) in [5, 5.41) is 12.1. The van der Waals surface area contributed by atoms with Crippen molar-refractivity contribution >= 4 is 5.97 Å². The molecule has 4 nitrogen and oxygen atoms in total. The summed E-state index contributed by atoms with van der Waals surface area (Å²) < 4.78 is 0. The Hall–Kier alpha value is -1.42. The molecule has 0 aliphatic carbocycles. The number of aromatic carboxylic acids is 1. The van der Waals surface area contributed by atoms with Crippen molar-refractivity contribution in [2.45, 2.75) is 27.3 Å². The minimum atomic E-state index is -0.984. The van der Waals surface area contributed by atoms with Crippen LogP contribution in [0.3, 0.4) is 0 Å². The van der Waals surface area contributed by atoms with Gasteiger partial charge < -0.3 is 10.4 Å². The maximum Gasteiger partial charge on any atom is 0.354 e. The van der Waals surface area contributed by atoms with Crippen molar-refractivity contribution in [3.05, 3.63) is 29.6 Å². The molecule has 0 saturated heterocycles. The van der Waals surface area contributed by atoms with Gasteiger partial charge in [0.1, 0.15) is 5.69 Å². The number of pyridine rings is 1. The van der Waals surface area contributed by atoms with E-state index in [2.05, 4.69) is 31.1 Å². The highest BCUT2D eigenvalue weighted by Gasteiger charge is 2.07. The second-order valence-corrected chi connectivity index (χ2v) is 4.67. The molecule has 0 fully saturated rings. The molecule has 1 heterocycles. The van der Waals surface area contributed by atoms with Gasteiger partial charge in [-0.3, -0.25) is 0 Å². The molecule has 17 heavy (non-hydrogen) atoms. The van der Waals surface area contributed by atoms with Crippen LogP contribution in [0.2, 0.25) is 0 Å². The van der Waals surface area contributed by atoms with E-state index in [0.29, 0.717) is 18.4 Å². The fraction of sp³-hybridized carbons (Fsp3) is 0.538. The van der Waals surface area contributed by atoms with Gasteiger partial charge in [0.25, 0.3) is 0 Å². The molecular formula is C13H20N2O2. The molecule has 1 aromatic heterocycles. The maximum atomic E-state index is 10.7. The Balaban J connectivity index is 2.47. The van der Waals surface area contributed by atoms with Crippen LogP contribution in [0.25, 0.3) is 0 Å². The molecule has 0 spiro atoms. The number of aromatic nitrogens is 1. The van der Waals surface area contributed by atoms with E-state index >= 15 is 0 Å². The van der Waals surface area contributed by atoms with Crippen LogP contribution >= 0.6 is 0 Å². The van der Waals surface area contributed by atoms with Gasteiger partial charge in [-0.15, -0.1) is 0 Å². The van der Waals surface area contributed by atoms with Gasteiger partial charge in [-0.1, -0.05) is 26.8 Å². The Labute approximate surface area is 102 Å². The molecule has 1 unspecified atom stereocenters. The number of carboxylic acids is 1. The van der Waals surface area contributed by atoms with Crippen molar-refractivity contribution in [3.63, 3.8) is 0 Å². The van der Waals surface area contributed by atoms with Crippen molar-refractivity contribution < 1.29 is 9.90 Å². The number of carbonyl (C=O) groups is 1. The fourth-order valence-corrected chi connectivity index (χ4v) is 1.36. The Morgan fingerprint density at radius 2 is 2.12 bits per heavy atom. The van der Waals surface area contributed by atoms with Gasteiger partial charge in [0.05, 0.1) is 5.69 Å². The number of nitrogens with one attached hydrogen (secondary N) is 1. The first-order valence-corrected chi connectivity index (χ1v) is 5.90. The van der Waals surface area contributed by atoms with Crippen molar-refractivity contribution in [1.29, 1.82) is 0 Å². The summed E-state index contributed by atoms with van der Waals surface area (Å²) in [4.78, 5) is 14.8. The van der Waals surface area contributed by atoms with Gasteiger partial charge in [0.15, 0.2) is 0 Å². The Morgan fingerprint density at radius 1 is 1.41 bits per heavy atom. The van der Waals surface area contributed by atoms with Crippen LogP contribution in [0.15, 0.2) is 18.2 Å². The molecule has 94 valence electrons. The normalized spacial score (nSPS) is 12.7. The zero-order valence-corrected chi connectivity index (χ0v) is 10.6. The van der Waals surface area contributed by atoms with Crippen LogP contribution in [0, 0.1) is 11.8 Å². The monoisotopic (exact) mass is 236 g/mol. The lowest BCUT2D eigenvalue weighted by Gasteiger charge is -2.15. The standard InChI is InChI=1S/C13H20N2O2/c1-9(2)10(3)7-14-8-11-5-4-6-12(15-11)13(16)17/h4-6,9-10,14H,7-8H2,1-3H3,(H,16,17). The van der Waals surface area contributed by atoms with Crippen LogP contribution in [-0.4, -0.2) is 22.6 Å². The zero-order valence-electron chi connectivity index (χ0n) is 10.6. The van der Waals surface area contributed by atoms with Crippen molar-refractivity contribution in [1.82, 2.24) is 10.3 Å². The average molecular weight is 236 g/mol. The Morgan fingerprint density at radius 3 is 2.71 bits per heavy atom. The van der Waals surface area contributed by atoms with E-state index in [0.717, 1.165) is 12.2 Å². The average Bonchev–Trinajstić information content (AvgIpc) is 2.29. The van der Waals surface area contributed by atoms with E-state index in [-0.39, 0.29) is 5.69 Å². The largest absolute Gasteiger partial charge is 0.477 e. The van der Waals surface area contributed by atoms with Gasteiger partial charge in [-0.2, -0.15) is 0 Å². The molecule has 0 bridgehead atoms. The van der Waals surface area contributed by atoms with E-state index in [4.69, 9.17) is 5.11 Å². The second-order valence-electron chi connectivity index (χ2n) is 4.67. The van der Waals surface area contributed by atoms with Crippen molar-refractivity contribution in [2.75, 3.05) is 6.54 Å². The first-order chi connectivity index (χ1) is 8.00. The van der Waals surface area contributed by atoms with Gasteiger partial charge in [0, 0.05) is 6.54 Å². The van der Waals surface area contributed by atoms with E-state index in [1.807, 2.05) is 6.07 Å². The molecule has 0 aromatic carbocycles. The molecule has 1 rings (SSSR count). The molecule has 0 aliphatic heterocycles. The number of carboxylic acid groups (broad SMARTS) is 1. The lowest BCUT2D eigenvalue weighted by Crippen LogP contribution is -2.24. The predicted molar refractivity (Wildman–Crippen MR) is 66.9 cm³/mol. The number of rotatable bonds is 6. The number of hydrogen-bond acceptors (Lipinski definition) is 3. The van der Waals surface area contributed by atoms with Crippen LogP contribution in [0.5, 0.6) is 0 Å². The minimum Gasteiger partial charge on any atom is -0.477 e. The minimum absolute atomic E-state index is 0.0983. The third-order valence-electron chi connectivity index (χ3n) is 2.94. The molecule has 4 heteroatoms. The van der Waals surface area contributed by atoms with Crippen molar-refractivity contribution in [3.8, 4) is 0 Å². The maximum absolute atomic E-state index is 10.7. The van der Waals surface area contributed by atoms with Crippen molar-refractivity contribution in [2.24, 2.45) is 11.8 Å². The van der Waals surface area contributed by atoms with E-state index < -0.39 is 5.97 Å². The summed E-state index contributed by atoms with van der Waals surface area (Å²) in [6.45, 7) is 8.10. The zero-order chi connectivity index (χ0) is 12.8. The summed E-state index contributed by atoms with van der Waals surface area (Å²) in [5.41, 5.74) is 0.863. The summed E-state index contributed by atoms with van der Waals surface area (Å²) >= 11 is 0. The fourth-order valence-electron chi connectivity index (χ4n) is 1.36. The lowest BCUT2D eigenvalue weighted by molar-refractivity contribution is 0.0690. The summed E-state index contributed by atoms with van der Waals surface area (Å²) in [6, 6.07) is 5.06. The SMILES string of the molecule is CC(C)C(C)CNCc1cccc(C(=O)O)n1. The smallest absolute Gasteiger partial charge is 0.354 e. The van der Waals surface area contributed by atoms with Crippen LogP contribution in [-0.2, 0) is 6.54 Å². The first kappa shape index (κ1) is 13.6. The summed E-state index contributed by atoms with van der Waals surface area (Å²) in [7, 11) is 0. The third-order valence-corrected chi connectivity index (χ3v) is 2.94. The summed E-state index contributed by atoms with van der Waals surface area (Å²) in [6.07, 6.45) is 0. The lowest BCUT2D eigenvalue weighted by atomic mass is 9.98. The summed E-state index contributed by atoms with van der Waals surface area (Å²) in [5.74, 6) is 0.251. The number of hydrogen-bond donors (Lipinski definition) is 2. The Kier molecular flexibility index (Phi) is 5.10.